The molecule has 1 aromatic carbocycles. The number of anilines is 1. The lowest BCUT2D eigenvalue weighted by Gasteiger charge is -2.36. The molecule has 1 N–H and O–H groups in total. The topological polar surface area (TPSA) is 67.6 Å². The fourth-order valence-electron chi connectivity index (χ4n) is 3.73. The van der Waals surface area contributed by atoms with Crippen molar-refractivity contribution in [3.05, 3.63) is 48.2 Å². The molecule has 2 aromatic rings. The monoisotopic (exact) mass is 373 g/mol. The Morgan fingerprint density at radius 1 is 1.38 bits per heavy atom. The number of carbonyl (C=O) groups excluding carboxylic acids is 1. The number of thiol groups is 1. The molecule has 1 saturated heterocycles. The summed E-state index contributed by atoms with van der Waals surface area (Å²) in [5, 5.41) is 2.72. The second-order valence-corrected chi connectivity index (χ2v) is 7.76. The summed E-state index contributed by atoms with van der Waals surface area (Å²) in [6.07, 6.45) is 8.40. The molecule has 1 saturated carbocycles. The largest absolute Gasteiger partial charge is 0.445 e. The van der Waals surface area contributed by atoms with E-state index in [9.17, 15) is 4.79 Å². The molecular formula is C19H23N3O3S. The van der Waals surface area contributed by atoms with Crippen molar-refractivity contribution < 1.29 is 13.9 Å². The lowest BCUT2D eigenvalue weighted by Crippen LogP contribution is -2.38. The van der Waals surface area contributed by atoms with Gasteiger partial charge in [-0.25, -0.2) is 14.1 Å². The highest BCUT2D eigenvalue weighted by atomic mass is 32.1. The summed E-state index contributed by atoms with van der Waals surface area (Å²) in [5.41, 5.74) is 2.40. The number of ether oxygens (including phenoxy) is 1. The number of oxazole rings is 1. The molecule has 2 fully saturated rings. The lowest BCUT2D eigenvalue weighted by atomic mass is 9.86. The molecule has 1 aliphatic carbocycles. The van der Waals surface area contributed by atoms with Crippen LogP contribution in [0, 0.1) is 5.92 Å². The number of nitrogens with zero attached hydrogens (tertiary/aromatic N) is 2. The molecular weight excluding hydrogens is 350 g/mol. The van der Waals surface area contributed by atoms with Crippen molar-refractivity contribution in [1.29, 1.82) is 0 Å². The van der Waals surface area contributed by atoms with E-state index >= 15 is 0 Å². The molecule has 1 amide bonds. The summed E-state index contributed by atoms with van der Waals surface area (Å²) < 4.78 is 12.4. The van der Waals surface area contributed by atoms with Crippen LogP contribution in [0.3, 0.4) is 0 Å². The minimum Gasteiger partial charge on any atom is -0.445 e. The van der Waals surface area contributed by atoms with E-state index < -0.39 is 6.09 Å². The SMILES string of the molecule is O=C(Nc1ccc(CC2CCN(S)C3(CC3)C2)cc1)OCc1cnco1. The highest BCUT2D eigenvalue weighted by Crippen LogP contribution is 2.51. The minimum atomic E-state index is -0.508. The molecule has 0 radical (unpaired) electrons. The molecule has 1 aromatic heterocycles. The maximum atomic E-state index is 11.8. The normalized spacial score (nSPS) is 21.5. The lowest BCUT2D eigenvalue weighted by molar-refractivity contribution is 0.146. The first-order chi connectivity index (χ1) is 12.6. The van der Waals surface area contributed by atoms with Crippen LogP contribution >= 0.6 is 12.8 Å². The third-order valence-corrected chi connectivity index (χ3v) is 5.97. The fourth-order valence-corrected chi connectivity index (χ4v) is 4.13. The molecule has 1 aliphatic heterocycles. The van der Waals surface area contributed by atoms with Crippen LogP contribution in [0.15, 0.2) is 41.3 Å². The van der Waals surface area contributed by atoms with Gasteiger partial charge in [-0.1, -0.05) is 24.9 Å². The summed E-state index contributed by atoms with van der Waals surface area (Å²) in [6, 6.07) is 8.01. The predicted molar refractivity (Wildman–Crippen MR) is 101 cm³/mol. The van der Waals surface area contributed by atoms with Crippen LogP contribution in [-0.2, 0) is 17.8 Å². The summed E-state index contributed by atoms with van der Waals surface area (Å²) in [7, 11) is 0. The zero-order chi connectivity index (χ0) is 18.0. The quantitative estimate of drug-likeness (QED) is 0.774. The van der Waals surface area contributed by atoms with Gasteiger partial charge in [-0.05, 0) is 55.7 Å². The van der Waals surface area contributed by atoms with E-state index in [1.807, 2.05) is 12.1 Å². The molecule has 7 heteroatoms. The Morgan fingerprint density at radius 3 is 2.88 bits per heavy atom. The van der Waals surface area contributed by atoms with Crippen molar-refractivity contribution in [1.82, 2.24) is 9.29 Å². The maximum Gasteiger partial charge on any atom is 0.412 e. The second-order valence-electron chi connectivity index (χ2n) is 7.28. The molecule has 2 aliphatic rings. The minimum absolute atomic E-state index is 0.0650. The fraction of sp³-hybridized carbons (Fsp3) is 0.474. The highest BCUT2D eigenvalue weighted by Gasteiger charge is 2.50. The van der Waals surface area contributed by atoms with Gasteiger partial charge in [0.2, 0.25) is 0 Å². The second kappa shape index (κ2) is 7.32. The highest BCUT2D eigenvalue weighted by molar-refractivity contribution is 7.77. The van der Waals surface area contributed by atoms with Gasteiger partial charge >= 0.3 is 6.09 Å². The Kier molecular flexibility index (Phi) is 4.91. The Labute approximate surface area is 158 Å². The number of hydrogen-bond acceptors (Lipinski definition) is 6. The zero-order valence-corrected chi connectivity index (χ0v) is 15.5. The van der Waals surface area contributed by atoms with Gasteiger partial charge < -0.3 is 9.15 Å². The first-order valence-electron chi connectivity index (χ1n) is 9.00. The third kappa shape index (κ3) is 4.04. The smallest absolute Gasteiger partial charge is 0.412 e. The number of amides is 1. The standard InChI is InChI=1S/C19H23N3O3S/c23-18(24-12-17-11-20-13-25-17)21-16-3-1-14(2-4-16)9-15-5-8-22(26)19(10-15)6-7-19/h1-4,11,13,15,26H,5-10,12H2,(H,21,23). The number of hydrogen-bond donors (Lipinski definition) is 2. The van der Waals surface area contributed by atoms with Gasteiger partial charge in [-0.2, -0.15) is 0 Å². The number of aromatic nitrogens is 1. The van der Waals surface area contributed by atoms with Crippen LogP contribution in [0.5, 0.6) is 0 Å². The molecule has 4 rings (SSSR count). The Bertz CT molecular complexity index is 744. The van der Waals surface area contributed by atoms with Crippen molar-refractivity contribution >= 4 is 24.6 Å². The summed E-state index contributed by atoms with van der Waals surface area (Å²) in [4.78, 5) is 15.6. The van der Waals surface area contributed by atoms with Crippen LogP contribution in [0.25, 0.3) is 0 Å². The Morgan fingerprint density at radius 2 is 2.19 bits per heavy atom. The van der Waals surface area contributed by atoms with Crippen molar-refractivity contribution in [2.75, 3.05) is 11.9 Å². The zero-order valence-electron chi connectivity index (χ0n) is 14.6. The van der Waals surface area contributed by atoms with Crippen LogP contribution in [0.4, 0.5) is 10.5 Å². The summed E-state index contributed by atoms with van der Waals surface area (Å²) in [6.45, 7) is 1.14. The van der Waals surface area contributed by atoms with Crippen LogP contribution in [-0.4, -0.2) is 27.5 Å². The average molecular weight is 373 g/mol. The predicted octanol–water partition coefficient (Wildman–Crippen LogP) is 4.06. The van der Waals surface area contributed by atoms with Gasteiger partial charge in [0.05, 0.1) is 6.20 Å². The molecule has 1 unspecified atom stereocenters. The molecule has 6 nitrogen and oxygen atoms in total. The van der Waals surface area contributed by atoms with Gasteiger partial charge in [0.25, 0.3) is 0 Å². The number of rotatable bonds is 5. The molecule has 26 heavy (non-hydrogen) atoms. The molecule has 138 valence electrons. The first-order valence-corrected chi connectivity index (χ1v) is 9.40. The first kappa shape index (κ1) is 17.4. The van der Waals surface area contributed by atoms with Gasteiger partial charge in [-0.3, -0.25) is 5.32 Å². The van der Waals surface area contributed by atoms with E-state index in [1.165, 1.54) is 43.8 Å². The van der Waals surface area contributed by atoms with Crippen molar-refractivity contribution in [2.24, 2.45) is 5.92 Å². The van der Waals surface area contributed by atoms with Crippen LogP contribution < -0.4 is 5.32 Å². The molecule has 1 atom stereocenters. The Balaban J connectivity index is 1.26. The average Bonchev–Trinajstić information content (AvgIpc) is 3.20. The van der Waals surface area contributed by atoms with E-state index in [0.717, 1.165) is 18.7 Å². The van der Waals surface area contributed by atoms with E-state index in [0.29, 0.717) is 17.2 Å². The summed E-state index contributed by atoms with van der Waals surface area (Å²) >= 11 is 4.63. The Hall–Kier alpha value is -1.99. The molecule has 2 heterocycles. The van der Waals surface area contributed by atoms with E-state index in [1.54, 1.807) is 0 Å². The van der Waals surface area contributed by atoms with Gasteiger partial charge in [-0.15, -0.1) is 0 Å². The van der Waals surface area contributed by atoms with Crippen molar-refractivity contribution in [2.45, 2.75) is 44.2 Å². The maximum absolute atomic E-state index is 11.8. The third-order valence-electron chi connectivity index (χ3n) is 5.35. The number of nitrogens with one attached hydrogen (secondary N) is 1. The van der Waals surface area contributed by atoms with Gasteiger partial charge in [0.15, 0.2) is 18.8 Å². The van der Waals surface area contributed by atoms with Crippen molar-refractivity contribution in [3.8, 4) is 0 Å². The number of benzene rings is 1. The summed E-state index contributed by atoms with van der Waals surface area (Å²) in [5.74, 6) is 1.22. The van der Waals surface area contributed by atoms with Crippen molar-refractivity contribution in [3.63, 3.8) is 0 Å². The molecule has 1 spiro atoms. The number of piperidine rings is 1. The van der Waals surface area contributed by atoms with Gasteiger partial charge in [0.1, 0.15) is 0 Å². The number of carbonyl (C=O) groups is 1. The van der Waals surface area contributed by atoms with Crippen LogP contribution in [0.1, 0.15) is 37.0 Å². The van der Waals surface area contributed by atoms with E-state index in [-0.39, 0.29) is 6.61 Å². The van der Waals surface area contributed by atoms with E-state index in [2.05, 4.69) is 39.6 Å². The van der Waals surface area contributed by atoms with E-state index in [4.69, 9.17) is 9.15 Å². The van der Waals surface area contributed by atoms with Gasteiger partial charge in [0, 0.05) is 17.8 Å². The van der Waals surface area contributed by atoms with Crippen LogP contribution in [0.2, 0.25) is 0 Å². The molecule has 0 bridgehead atoms.